The van der Waals surface area contributed by atoms with Crippen LogP contribution in [-0.4, -0.2) is 18.4 Å². The highest BCUT2D eigenvalue weighted by atomic mass is 16.3. The van der Waals surface area contributed by atoms with Crippen molar-refractivity contribution < 1.29 is 9.52 Å². The van der Waals surface area contributed by atoms with Gasteiger partial charge in [0.2, 0.25) is 0 Å². The van der Waals surface area contributed by atoms with E-state index in [1.165, 1.54) is 5.56 Å². The number of furan rings is 1. The van der Waals surface area contributed by atoms with E-state index in [0.29, 0.717) is 6.54 Å². The number of hydrogen-bond donors (Lipinski definition) is 2. The fourth-order valence-corrected chi connectivity index (χ4v) is 1.97. The quantitative estimate of drug-likeness (QED) is 0.775. The SMILES string of the molecule is CC(C)(CNCO)c1coc2ccccc12. The van der Waals surface area contributed by atoms with Gasteiger partial charge in [-0.25, -0.2) is 0 Å². The zero-order chi connectivity index (χ0) is 11.6. The third kappa shape index (κ3) is 1.96. The van der Waals surface area contributed by atoms with Crippen molar-refractivity contribution in [2.45, 2.75) is 19.3 Å². The fraction of sp³-hybridized carbons (Fsp3) is 0.385. The number of fused-ring (bicyclic) bond motifs is 1. The van der Waals surface area contributed by atoms with Gasteiger partial charge in [-0.3, -0.25) is 5.32 Å². The topological polar surface area (TPSA) is 45.4 Å². The Morgan fingerprint density at radius 3 is 2.81 bits per heavy atom. The Balaban J connectivity index is 2.38. The van der Waals surface area contributed by atoms with Crippen LogP contribution in [0.15, 0.2) is 34.9 Å². The van der Waals surface area contributed by atoms with Crippen molar-refractivity contribution in [1.82, 2.24) is 5.32 Å². The summed E-state index contributed by atoms with van der Waals surface area (Å²) in [4.78, 5) is 0. The first-order valence-corrected chi connectivity index (χ1v) is 5.43. The third-order valence-corrected chi connectivity index (χ3v) is 2.89. The van der Waals surface area contributed by atoms with E-state index < -0.39 is 0 Å². The molecule has 0 aliphatic carbocycles. The second kappa shape index (κ2) is 4.28. The average Bonchev–Trinajstić information content (AvgIpc) is 2.71. The van der Waals surface area contributed by atoms with E-state index in [4.69, 9.17) is 9.52 Å². The van der Waals surface area contributed by atoms with Crippen LogP contribution in [0.25, 0.3) is 11.0 Å². The van der Waals surface area contributed by atoms with Gasteiger partial charge in [-0.1, -0.05) is 32.0 Å². The van der Waals surface area contributed by atoms with E-state index in [-0.39, 0.29) is 12.1 Å². The van der Waals surface area contributed by atoms with Gasteiger partial charge in [-0.2, -0.15) is 0 Å². The predicted molar refractivity (Wildman–Crippen MR) is 64.3 cm³/mol. The van der Waals surface area contributed by atoms with Crippen LogP contribution >= 0.6 is 0 Å². The van der Waals surface area contributed by atoms with Gasteiger partial charge < -0.3 is 9.52 Å². The lowest BCUT2D eigenvalue weighted by atomic mass is 9.84. The Bertz CT molecular complexity index is 473. The number of aliphatic hydroxyl groups excluding tert-OH is 1. The molecule has 3 nitrogen and oxygen atoms in total. The lowest BCUT2D eigenvalue weighted by molar-refractivity contribution is 0.247. The zero-order valence-corrected chi connectivity index (χ0v) is 9.66. The molecule has 0 amide bonds. The summed E-state index contributed by atoms with van der Waals surface area (Å²) < 4.78 is 5.53. The van der Waals surface area contributed by atoms with Crippen molar-refractivity contribution in [2.75, 3.05) is 13.3 Å². The molecular formula is C13H17NO2. The summed E-state index contributed by atoms with van der Waals surface area (Å²) >= 11 is 0. The second-order valence-electron chi connectivity index (χ2n) is 4.61. The first kappa shape index (κ1) is 11.2. The highest BCUT2D eigenvalue weighted by Crippen LogP contribution is 2.31. The van der Waals surface area contributed by atoms with E-state index in [9.17, 15) is 0 Å². The molecule has 0 atom stereocenters. The molecule has 2 aromatic rings. The lowest BCUT2D eigenvalue weighted by Crippen LogP contribution is -2.33. The first-order chi connectivity index (χ1) is 7.65. The standard InChI is InChI=1S/C13H17NO2/c1-13(2,8-14-9-15)11-7-16-12-6-4-3-5-10(11)12/h3-7,14-15H,8-9H2,1-2H3. The van der Waals surface area contributed by atoms with Crippen LogP contribution in [0.3, 0.4) is 0 Å². The van der Waals surface area contributed by atoms with E-state index in [1.807, 2.05) is 24.5 Å². The van der Waals surface area contributed by atoms with E-state index in [2.05, 4.69) is 25.2 Å². The van der Waals surface area contributed by atoms with Crippen molar-refractivity contribution in [2.24, 2.45) is 0 Å². The molecule has 1 aromatic carbocycles. The minimum atomic E-state index is -0.0602. The highest BCUT2D eigenvalue weighted by Gasteiger charge is 2.24. The minimum Gasteiger partial charge on any atom is -0.464 e. The Labute approximate surface area is 95.1 Å². The summed E-state index contributed by atoms with van der Waals surface area (Å²) in [5.41, 5.74) is 2.02. The number of para-hydroxylation sites is 1. The number of hydrogen-bond acceptors (Lipinski definition) is 3. The third-order valence-electron chi connectivity index (χ3n) is 2.89. The first-order valence-electron chi connectivity index (χ1n) is 5.43. The maximum absolute atomic E-state index is 8.81. The molecule has 16 heavy (non-hydrogen) atoms. The van der Waals surface area contributed by atoms with Gasteiger partial charge in [0.15, 0.2) is 0 Å². The molecule has 0 unspecified atom stereocenters. The molecule has 86 valence electrons. The molecule has 1 heterocycles. The largest absolute Gasteiger partial charge is 0.464 e. The molecule has 0 aliphatic rings. The molecule has 0 saturated carbocycles. The molecule has 0 bridgehead atoms. The van der Waals surface area contributed by atoms with Crippen LogP contribution in [0.4, 0.5) is 0 Å². The monoisotopic (exact) mass is 219 g/mol. The number of rotatable bonds is 4. The van der Waals surface area contributed by atoms with Crippen molar-refractivity contribution in [1.29, 1.82) is 0 Å². The molecule has 0 fully saturated rings. The van der Waals surface area contributed by atoms with E-state index in [1.54, 1.807) is 0 Å². The van der Waals surface area contributed by atoms with Crippen LogP contribution in [0.5, 0.6) is 0 Å². The molecule has 0 saturated heterocycles. The van der Waals surface area contributed by atoms with Gasteiger partial charge in [-0.05, 0) is 6.07 Å². The fourth-order valence-electron chi connectivity index (χ4n) is 1.97. The summed E-state index contributed by atoms with van der Waals surface area (Å²) in [6, 6.07) is 8.01. The van der Waals surface area contributed by atoms with Gasteiger partial charge in [0.1, 0.15) is 5.58 Å². The maximum atomic E-state index is 8.81. The summed E-state index contributed by atoms with van der Waals surface area (Å²) in [6.07, 6.45) is 1.81. The molecule has 3 heteroatoms. The van der Waals surface area contributed by atoms with Crippen molar-refractivity contribution in [3.8, 4) is 0 Å². The Morgan fingerprint density at radius 1 is 1.31 bits per heavy atom. The molecule has 2 rings (SSSR count). The molecule has 0 radical (unpaired) electrons. The van der Waals surface area contributed by atoms with Crippen molar-refractivity contribution in [3.63, 3.8) is 0 Å². The Morgan fingerprint density at radius 2 is 2.06 bits per heavy atom. The second-order valence-corrected chi connectivity index (χ2v) is 4.61. The summed E-state index contributed by atoms with van der Waals surface area (Å²) in [6.45, 7) is 4.98. The Kier molecular flexibility index (Phi) is 2.99. The normalized spacial score (nSPS) is 12.2. The van der Waals surface area contributed by atoms with Crippen LogP contribution < -0.4 is 5.32 Å². The predicted octanol–water partition coefficient (Wildman–Crippen LogP) is 2.25. The van der Waals surface area contributed by atoms with Crippen molar-refractivity contribution in [3.05, 3.63) is 36.1 Å². The molecule has 0 spiro atoms. The lowest BCUT2D eigenvalue weighted by Gasteiger charge is -2.23. The zero-order valence-electron chi connectivity index (χ0n) is 9.66. The molecule has 0 aliphatic heterocycles. The van der Waals surface area contributed by atoms with Crippen LogP contribution in [0.2, 0.25) is 0 Å². The smallest absolute Gasteiger partial charge is 0.134 e. The van der Waals surface area contributed by atoms with Crippen LogP contribution in [0.1, 0.15) is 19.4 Å². The molecular weight excluding hydrogens is 202 g/mol. The van der Waals surface area contributed by atoms with Gasteiger partial charge in [-0.15, -0.1) is 0 Å². The maximum Gasteiger partial charge on any atom is 0.134 e. The molecule has 2 N–H and O–H groups in total. The van der Waals surface area contributed by atoms with Gasteiger partial charge >= 0.3 is 0 Å². The number of nitrogens with one attached hydrogen (secondary N) is 1. The van der Waals surface area contributed by atoms with Gasteiger partial charge in [0, 0.05) is 22.9 Å². The van der Waals surface area contributed by atoms with Crippen LogP contribution in [0, 0.1) is 0 Å². The highest BCUT2D eigenvalue weighted by molar-refractivity contribution is 5.82. The van der Waals surface area contributed by atoms with E-state index in [0.717, 1.165) is 11.0 Å². The van der Waals surface area contributed by atoms with Gasteiger partial charge in [0.05, 0.1) is 13.0 Å². The number of benzene rings is 1. The molecule has 1 aromatic heterocycles. The van der Waals surface area contributed by atoms with E-state index >= 15 is 0 Å². The Hall–Kier alpha value is -1.32. The summed E-state index contributed by atoms with van der Waals surface area (Å²) in [5.74, 6) is 0. The van der Waals surface area contributed by atoms with Gasteiger partial charge in [0.25, 0.3) is 0 Å². The van der Waals surface area contributed by atoms with Crippen molar-refractivity contribution >= 4 is 11.0 Å². The van der Waals surface area contributed by atoms with Crippen LogP contribution in [-0.2, 0) is 5.41 Å². The minimum absolute atomic E-state index is 0.000780. The summed E-state index contributed by atoms with van der Waals surface area (Å²) in [5, 5.41) is 12.9. The average molecular weight is 219 g/mol. The summed E-state index contributed by atoms with van der Waals surface area (Å²) in [7, 11) is 0. The number of aliphatic hydroxyl groups is 1.